The first-order valence-electron chi connectivity index (χ1n) is 19.9. The number of esters is 1. The van der Waals surface area contributed by atoms with Gasteiger partial charge in [-0.05, 0) is 99.6 Å². The summed E-state index contributed by atoms with van der Waals surface area (Å²) in [4.78, 5) is 72.8. The van der Waals surface area contributed by atoms with Crippen LogP contribution in [0.2, 0.25) is 0 Å². The van der Waals surface area contributed by atoms with Gasteiger partial charge in [0, 0.05) is 33.0 Å². The molecule has 3 heterocycles. The molecule has 4 amide bonds. The summed E-state index contributed by atoms with van der Waals surface area (Å²) in [5.74, 6) is -1.05. The first-order chi connectivity index (χ1) is 27.2. The molecular formula is C44H58N4O7S. The first kappa shape index (κ1) is 40.8. The number of anilines is 1. The molecule has 0 spiro atoms. The number of benzene rings is 3. The largest absolute Gasteiger partial charge is 0.497 e. The highest BCUT2D eigenvalue weighted by molar-refractivity contribution is 7.99. The number of methoxy groups -OCH3 is 2. The Morgan fingerprint density at radius 1 is 0.750 bits per heavy atom. The molecule has 11 nitrogen and oxygen atoms in total. The van der Waals surface area contributed by atoms with Crippen molar-refractivity contribution in [3.05, 3.63) is 96.1 Å². The molecule has 0 aliphatic carbocycles. The number of fused-ring (bicyclic) bond motifs is 1. The summed E-state index contributed by atoms with van der Waals surface area (Å²) in [5.41, 5.74) is 2.69. The van der Waals surface area contributed by atoms with E-state index in [9.17, 15) is 24.0 Å². The van der Waals surface area contributed by atoms with Crippen molar-refractivity contribution < 1.29 is 36.3 Å². The zero-order valence-electron chi connectivity index (χ0n) is 32.4. The normalized spacial score (nSPS) is 22.5. The lowest BCUT2D eigenvalue weighted by molar-refractivity contribution is -0.156. The molecule has 3 fully saturated rings. The topological polar surface area (TPSA) is 134 Å². The van der Waals surface area contributed by atoms with Crippen LogP contribution in [-0.2, 0) is 41.6 Å². The van der Waals surface area contributed by atoms with E-state index in [-0.39, 0.29) is 31.9 Å². The number of ether oxygens (including phenoxy) is 2. The summed E-state index contributed by atoms with van der Waals surface area (Å²) in [5, 5.41) is 6.09. The van der Waals surface area contributed by atoms with Gasteiger partial charge >= 0.3 is 5.97 Å². The molecule has 302 valence electrons. The fraction of sp³-hybridized carbons (Fsp3) is 0.477. The molecule has 0 aromatic heterocycles. The van der Waals surface area contributed by atoms with Crippen LogP contribution in [-0.4, -0.2) is 84.5 Å². The van der Waals surface area contributed by atoms with Crippen LogP contribution in [0.5, 0.6) is 5.75 Å². The second-order valence-corrected chi connectivity index (χ2v) is 16.3. The summed E-state index contributed by atoms with van der Waals surface area (Å²) in [7, 11) is 2.93. The quantitative estimate of drug-likeness (QED) is 0.185. The fourth-order valence-corrected chi connectivity index (χ4v) is 9.58. The summed E-state index contributed by atoms with van der Waals surface area (Å²) in [6.07, 6.45) is 6.36. The van der Waals surface area contributed by atoms with Crippen LogP contribution in [0.3, 0.4) is 0 Å². The minimum Gasteiger partial charge on any atom is -0.497 e. The Bertz CT molecular complexity index is 1820. The Morgan fingerprint density at radius 3 is 1.98 bits per heavy atom. The number of amides is 4. The standard InChI is InChI=1S/C44H54N4O7S.2H2/c1-54-35-18-11-17-34(29-35)47-25-10-9-19-36(42(47)51)45-40(49)32(27-30-13-5-3-6-14-30)22-23-33(28-31-15-7-4-8-16-31)41(50)46-37-24-26-56-39-21-12-20-38(44(53)55-2)48(39)43(37)52;;/h3-8,11,13-18,29,32-33,36-39H,9-10,12,19-28H2,1-2H3,(H,45,49)(H,46,50);2*1H/t32-,33-,36+,37+,38+,39+;;/m1../s1. The molecule has 12 heteroatoms. The van der Waals surface area contributed by atoms with Crippen molar-refractivity contribution in [1.82, 2.24) is 15.5 Å². The van der Waals surface area contributed by atoms with Crippen LogP contribution in [0.25, 0.3) is 0 Å². The van der Waals surface area contributed by atoms with Crippen molar-refractivity contribution in [3.63, 3.8) is 0 Å². The minimum absolute atomic E-state index is 0. The molecule has 2 N–H and O–H groups in total. The second-order valence-electron chi connectivity index (χ2n) is 15.0. The van der Waals surface area contributed by atoms with E-state index in [1.807, 2.05) is 84.9 Å². The monoisotopic (exact) mass is 786 g/mol. The van der Waals surface area contributed by atoms with Gasteiger partial charge in [0.1, 0.15) is 23.9 Å². The number of carbonyl (C=O) groups is 5. The highest BCUT2D eigenvalue weighted by Crippen LogP contribution is 2.35. The summed E-state index contributed by atoms with van der Waals surface area (Å²) in [6.45, 7) is 0.548. The SMILES string of the molecule is COC(=O)[C@@H]1CCC[C@@H]2SCC[C@H](NC(=O)[C@H](CC[C@H](Cc3ccccc3)C(=O)N[C@H]3CCCCN(c4cccc(OC)c4)C3=O)Cc3ccccc3)C(=O)N21.[HH].[HH]. The van der Waals surface area contributed by atoms with Crippen molar-refractivity contribution >= 4 is 47.0 Å². The zero-order chi connectivity index (χ0) is 39.4. The molecule has 0 unspecified atom stereocenters. The van der Waals surface area contributed by atoms with Gasteiger partial charge in [-0.25, -0.2) is 4.79 Å². The molecule has 3 aliphatic heterocycles. The van der Waals surface area contributed by atoms with Crippen LogP contribution in [0.1, 0.15) is 71.8 Å². The molecule has 3 aliphatic rings. The molecule has 3 aromatic rings. The van der Waals surface area contributed by atoms with Crippen molar-refractivity contribution in [2.45, 2.75) is 94.1 Å². The van der Waals surface area contributed by atoms with Crippen LogP contribution in [0, 0.1) is 11.8 Å². The maximum atomic E-state index is 14.3. The number of thioether (sulfide) groups is 1. The molecular weight excluding hydrogens is 729 g/mol. The van der Waals surface area contributed by atoms with E-state index in [0.29, 0.717) is 63.0 Å². The van der Waals surface area contributed by atoms with Gasteiger partial charge in [-0.1, -0.05) is 66.7 Å². The lowest BCUT2D eigenvalue weighted by atomic mass is 9.86. The number of piperidine rings is 1. The minimum atomic E-state index is -0.777. The number of nitrogens with zero attached hydrogens (tertiary/aromatic N) is 2. The Kier molecular flexibility index (Phi) is 14.5. The van der Waals surface area contributed by atoms with E-state index in [2.05, 4.69) is 10.6 Å². The summed E-state index contributed by atoms with van der Waals surface area (Å²) in [6, 6.07) is 24.8. The zero-order valence-corrected chi connectivity index (χ0v) is 33.2. The highest BCUT2D eigenvalue weighted by atomic mass is 32.2. The van der Waals surface area contributed by atoms with Gasteiger partial charge in [-0.3, -0.25) is 19.2 Å². The molecule has 56 heavy (non-hydrogen) atoms. The van der Waals surface area contributed by atoms with Crippen LogP contribution < -0.4 is 20.3 Å². The third kappa shape index (κ3) is 10.3. The summed E-state index contributed by atoms with van der Waals surface area (Å²) < 4.78 is 10.5. The molecule has 6 atom stereocenters. The Morgan fingerprint density at radius 2 is 1.38 bits per heavy atom. The van der Waals surface area contributed by atoms with Crippen molar-refractivity contribution in [2.75, 3.05) is 31.4 Å². The fourth-order valence-electron chi connectivity index (χ4n) is 8.19. The molecule has 3 saturated heterocycles. The Labute approximate surface area is 337 Å². The highest BCUT2D eigenvalue weighted by Gasteiger charge is 2.44. The van der Waals surface area contributed by atoms with Gasteiger partial charge in [0.15, 0.2) is 0 Å². The van der Waals surface area contributed by atoms with E-state index in [1.165, 1.54) is 7.11 Å². The Hall–Kier alpha value is -4.84. The van der Waals surface area contributed by atoms with Crippen LogP contribution in [0.4, 0.5) is 5.69 Å². The van der Waals surface area contributed by atoms with E-state index in [1.54, 1.807) is 28.7 Å². The van der Waals surface area contributed by atoms with Gasteiger partial charge in [0.05, 0.1) is 19.6 Å². The number of nitrogens with one attached hydrogen (secondary N) is 2. The van der Waals surface area contributed by atoms with Crippen molar-refractivity contribution in [1.29, 1.82) is 0 Å². The van der Waals surface area contributed by atoms with Gasteiger partial charge < -0.3 is 29.9 Å². The second kappa shape index (κ2) is 19.8. The number of carbonyl (C=O) groups excluding carboxylic acids is 5. The van der Waals surface area contributed by atoms with Gasteiger partial charge in [0.2, 0.25) is 23.6 Å². The van der Waals surface area contributed by atoms with Gasteiger partial charge in [-0.15, -0.1) is 11.8 Å². The predicted molar refractivity (Wildman–Crippen MR) is 221 cm³/mol. The smallest absolute Gasteiger partial charge is 0.328 e. The average Bonchev–Trinajstić information content (AvgIpc) is 3.51. The third-order valence-corrected chi connectivity index (χ3v) is 12.6. The maximum Gasteiger partial charge on any atom is 0.328 e. The van der Waals surface area contributed by atoms with E-state index >= 15 is 0 Å². The number of hydrogen-bond acceptors (Lipinski definition) is 8. The molecule has 3 aromatic carbocycles. The maximum absolute atomic E-state index is 14.3. The lowest BCUT2D eigenvalue weighted by Crippen LogP contribution is -2.57. The third-order valence-electron chi connectivity index (χ3n) is 11.3. The number of rotatable bonds is 14. The van der Waals surface area contributed by atoms with Crippen molar-refractivity contribution in [2.24, 2.45) is 11.8 Å². The summed E-state index contributed by atoms with van der Waals surface area (Å²) >= 11 is 1.65. The predicted octanol–water partition coefficient (Wildman–Crippen LogP) is 6.19. The van der Waals surface area contributed by atoms with E-state index < -0.39 is 35.9 Å². The van der Waals surface area contributed by atoms with Crippen molar-refractivity contribution in [3.8, 4) is 5.75 Å². The lowest BCUT2D eigenvalue weighted by Gasteiger charge is -2.40. The molecule has 6 rings (SSSR count). The first-order valence-corrected chi connectivity index (χ1v) is 21.0. The van der Waals surface area contributed by atoms with Crippen LogP contribution in [0.15, 0.2) is 84.9 Å². The van der Waals surface area contributed by atoms with E-state index in [0.717, 1.165) is 42.5 Å². The van der Waals surface area contributed by atoms with Gasteiger partial charge in [-0.2, -0.15) is 0 Å². The number of hydrogen-bond donors (Lipinski definition) is 2. The molecule has 0 bridgehead atoms. The molecule has 0 radical (unpaired) electrons. The molecule has 0 saturated carbocycles. The Balaban J connectivity index is 0.00000372. The van der Waals surface area contributed by atoms with Gasteiger partial charge in [0.25, 0.3) is 0 Å². The average molecular weight is 787 g/mol. The van der Waals surface area contributed by atoms with Crippen LogP contribution >= 0.6 is 11.8 Å². The van der Waals surface area contributed by atoms with E-state index in [4.69, 9.17) is 9.47 Å².